The van der Waals surface area contributed by atoms with Crippen LogP contribution in [-0.2, 0) is 4.79 Å². The summed E-state index contributed by atoms with van der Waals surface area (Å²) in [6, 6.07) is 17.5. The Morgan fingerprint density at radius 2 is 1.85 bits per heavy atom. The van der Waals surface area contributed by atoms with Gasteiger partial charge in [0.2, 0.25) is 5.17 Å². The number of benzene rings is 2. The first kappa shape index (κ1) is 21.8. The number of aliphatic imine (C=N–C) groups is 1. The number of para-hydroxylation sites is 1. The number of rotatable bonds is 5. The van der Waals surface area contributed by atoms with Crippen LogP contribution in [0.1, 0.15) is 17.0 Å². The number of halogens is 1. The van der Waals surface area contributed by atoms with Crippen molar-refractivity contribution in [2.24, 2.45) is 10.1 Å². The maximum atomic E-state index is 13.4. The van der Waals surface area contributed by atoms with E-state index in [2.05, 4.69) is 10.1 Å². The van der Waals surface area contributed by atoms with Gasteiger partial charge in [-0.15, -0.1) is 0 Å². The van der Waals surface area contributed by atoms with Gasteiger partial charge in [0.1, 0.15) is 23.2 Å². The van der Waals surface area contributed by atoms with Gasteiger partial charge in [-0.25, -0.2) is 4.39 Å². The maximum absolute atomic E-state index is 13.4. The molecule has 1 N–H and O–H groups in total. The summed E-state index contributed by atoms with van der Waals surface area (Å²) >= 11 is 1.22. The summed E-state index contributed by atoms with van der Waals surface area (Å²) < 4.78 is 21.1. The highest BCUT2D eigenvalue weighted by Gasteiger charge is 2.36. The molecule has 0 radical (unpaired) electrons. The molecule has 3 heterocycles. The minimum atomic E-state index is -0.490. The maximum Gasteiger partial charge on any atom is 0.283 e. The zero-order valence-corrected chi connectivity index (χ0v) is 19.3. The van der Waals surface area contributed by atoms with E-state index in [-0.39, 0.29) is 23.8 Å². The predicted molar refractivity (Wildman–Crippen MR) is 132 cm³/mol. The number of thioether (sulfide) groups is 1. The van der Waals surface area contributed by atoms with Gasteiger partial charge in [0.05, 0.1) is 5.57 Å². The van der Waals surface area contributed by atoms with E-state index in [1.807, 2.05) is 54.8 Å². The number of amidine groups is 2. The van der Waals surface area contributed by atoms with Crippen LogP contribution in [0.5, 0.6) is 5.75 Å². The molecule has 1 aromatic heterocycles. The minimum absolute atomic E-state index is 0.0382. The lowest BCUT2D eigenvalue weighted by molar-refractivity contribution is -0.114. The van der Waals surface area contributed by atoms with E-state index in [9.17, 15) is 9.18 Å². The molecule has 0 aliphatic carbocycles. The number of aromatic nitrogens is 1. The van der Waals surface area contributed by atoms with Crippen molar-refractivity contribution in [2.45, 2.75) is 13.8 Å². The molecule has 2 aliphatic heterocycles. The van der Waals surface area contributed by atoms with Gasteiger partial charge in [-0.3, -0.25) is 10.2 Å². The predicted octanol–water partition coefficient (Wildman–Crippen LogP) is 4.93. The van der Waals surface area contributed by atoms with Gasteiger partial charge in [-0.1, -0.05) is 18.2 Å². The molecule has 7 nitrogen and oxygen atoms in total. The van der Waals surface area contributed by atoms with E-state index < -0.39 is 5.91 Å². The molecule has 5 rings (SSSR count). The molecule has 3 aromatic rings. The van der Waals surface area contributed by atoms with Crippen LogP contribution in [0.4, 0.5) is 4.39 Å². The largest absolute Gasteiger partial charge is 0.487 e. The number of carbonyl (C=O) groups excluding carboxylic acids is 1. The van der Waals surface area contributed by atoms with Crippen LogP contribution in [0.3, 0.4) is 0 Å². The summed E-state index contributed by atoms with van der Waals surface area (Å²) in [6.45, 7) is 4.06. The Bertz CT molecular complexity index is 1390. The van der Waals surface area contributed by atoms with Crippen LogP contribution < -0.4 is 4.74 Å². The van der Waals surface area contributed by atoms with Crippen LogP contribution in [0, 0.1) is 25.1 Å². The average Bonchev–Trinajstić information content (AvgIpc) is 3.36. The molecule has 0 atom stereocenters. The zero-order valence-electron chi connectivity index (χ0n) is 18.4. The average molecular weight is 474 g/mol. The molecule has 0 unspecified atom stereocenters. The molecule has 170 valence electrons. The quantitative estimate of drug-likeness (QED) is 0.533. The first-order valence-corrected chi connectivity index (χ1v) is 11.3. The summed E-state index contributed by atoms with van der Waals surface area (Å²) in [7, 11) is 0. The number of amides is 1. The molecule has 0 saturated carbocycles. The molecule has 1 amide bonds. The zero-order chi connectivity index (χ0) is 23.8. The fraction of sp³-hybridized carbons (Fsp3) is 0.120. The Kier molecular flexibility index (Phi) is 5.62. The van der Waals surface area contributed by atoms with Crippen molar-refractivity contribution in [3.63, 3.8) is 0 Å². The summed E-state index contributed by atoms with van der Waals surface area (Å²) in [4.78, 5) is 16.9. The molecule has 0 bridgehead atoms. The van der Waals surface area contributed by atoms with Crippen LogP contribution >= 0.6 is 11.8 Å². The fourth-order valence-electron chi connectivity index (χ4n) is 3.83. The van der Waals surface area contributed by atoms with Gasteiger partial charge < -0.3 is 9.30 Å². The Labute approximate surface area is 199 Å². The molecule has 2 aliphatic rings. The Balaban J connectivity index is 1.41. The van der Waals surface area contributed by atoms with Gasteiger partial charge >= 0.3 is 0 Å². The lowest BCUT2D eigenvalue weighted by Gasteiger charge is -2.20. The van der Waals surface area contributed by atoms with E-state index in [0.29, 0.717) is 16.0 Å². The van der Waals surface area contributed by atoms with Crippen LogP contribution in [-0.4, -0.2) is 38.1 Å². The SMILES string of the molecule is Cc1cc(/C=C2\C(=N)N3N=C(COc4ccccc4)SC3=NC2=O)c(C)n1-c1ccc(F)cc1. The number of hydrogen-bond acceptors (Lipinski definition) is 5. The third-order valence-corrected chi connectivity index (χ3v) is 6.34. The summed E-state index contributed by atoms with van der Waals surface area (Å²) in [6.07, 6.45) is 1.66. The van der Waals surface area contributed by atoms with Crippen molar-refractivity contribution in [1.29, 1.82) is 5.41 Å². The van der Waals surface area contributed by atoms with Crippen molar-refractivity contribution in [3.05, 3.63) is 89.0 Å². The molecule has 0 fully saturated rings. The molecular formula is C25H20FN5O2S. The van der Waals surface area contributed by atoms with Gasteiger partial charge in [0.25, 0.3) is 5.91 Å². The van der Waals surface area contributed by atoms with Gasteiger partial charge in [0, 0.05) is 17.1 Å². The lowest BCUT2D eigenvalue weighted by atomic mass is 10.1. The van der Waals surface area contributed by atoms with Crippen molar-refractivity contribution in [2.75, 3.05) is 6.61 Å². The van der Waals surface area contributed by atoms with Crippen LogP contribution in [0.15, 0.2) is 76.3 Å². The monoisotopic (exact) mass is 473 g/mol. The second-order valence-electron chi connectivity index (χ2n) is 7.75. The van der Waals surface area contributed by atoms with Gasteiger partial charge in [0.15, 0.2) is 5.84 Å². The second-order valence-corrected chi connectivity index (χ2v) is 8.79. The number of ether oxygens (including phenoxy) is 1. The molecule has 34 heavy (non-hydrogen) atoms. The van der Waals surface area contributed by atoms with Crippen molar-refractivity contribution in [1.82, 2.24) is 9.58 Å². The first-order valence-electron chi connectivity index (χ1n) is 10.5. The second kappa shape index (κ2) is 8.75. The van der Waals surface area contributed by atoms with E-state index in [4.69, 9.17) is 10.1 Å². The Morgan fingerprint density at radius 1 is 1.12 bits per heavy atom. The molecule has 2 aromatic carbocycles. The third kappa shape index (κ3) is 4.06. The van der Waals surface area contributed by atoms with Crippen LogP contribution in [0.25, 0.3) is 11.8 Å². The molecule has 0 saturated heterocycles. The van der Waals surface area contributed by atoms with Gasteiger partial charge in [-0.05, 0) is 79.7 Å². The highest BCUT2D eigenvalue weighted by Crippen LogP contribution is 2.30. The fourth-order valence-corrected chi connectivity index (χ4v) is 4.63. The number of hydrogen-bond donors (Lipinski definition) is 1. The van der Waals surface area contributed by atoms with Crippen LogP contribution in [0.2, 0.25) is 0 Å². The number of fused-ring (bicyclic) bond motifs is 1. The standard InChI is InChI=1S/C25H20FN5O2S/c1-15-12-17(16(2)30(15)19-10-8-18(26)9-11-19)13-21-23(27)31-25(28-24(21)32)34-22(29-31)14-33-20-6-4-3-5-7-20/h3-13,27H,14H2,1-2H3/b21-13+,27-23?. The lowest BCUT2D eigenvalue weighted by Crippen LogP contribution is -2.35. The first-order chi connectivity index (χ1) is 16.4. The normalized spacial score (nSPS) is 16.6. The van der Waals surface area contributed by atoms with E-state index in [0.717, 1.165) is 22.6 Å². The highest BCUT2D eigenvalue weighted by atomic mass is 32.2. The number of nitrogens with one attached hydrogen (secondary N) is 1. The van der Waals surface area contributed by atoms with Crippen molar-refractivity contribution in [3.8, 4) is 11.4 Å². The third-order valence-electron chi connectivity index (χ3n) is 5.46. The number of aryl methyl sites for hydroxylation is 1. The summed E-state index contributed by atoms with van der Waals surface area (Å²) in [5.41, 5.74) is 3.53. The number of carbonyl (C=O) groups is 1. The number of hydrazone groups is 1. The molecule has 0 spiro atoms. The smallest absolute Gasteiger partial charge is 0.283 e. The van der Waals surface area contributed by atoms with E-state index in [1.54, 1.807) is 18.2 Å². The summed E-state index contributed by atoms with van der Waals surface area (Å²) in [5.74, 6) is -0.124. The van der Waals surface area contributed by atoms with E-state index >= 15 is 0 Å². The number of nitrogens with zero attached hydrogens (tertiary/aromatic N) is 4. The topological polar surface area (TPSA) is 83.0 Å². The Hall–Kier alpha value is -3.98. The van der Waals surface area contributed by atoms with Crippen molar-refractivity contribution < 1.29 is 13.9 Å². The molecule has 9 heteroatoms. The van der Waals surface area contributed by atoms with Gasteiger partial charge in [-0.2, -0.15) is 15.1 Å². The van der Waals surface area contributed by atoms with E-state index in [1.165, 1.54) is 28.9 Å². The van der Waals surface area contributed by atoms with Crippen molar-refractivity contribution >= 4 is 39.8 Å². The Morgan fingerprint density at radius 3 is 2.59 bits per heavy atom. The minimum Gasteiger partial charge on any atom is -0.487 e. The molecular weight excluding hydrogens is 453 g/mol. The summed E-state index contributed by atoms with van der Waals surface area (Å²) in [5, 5.41) is 15.3. The highest BCUT2D eigenvalue weighted by molar-refractivity contribution is 8.27.